The van der Waals surface area contributed by atoms with Crippen LogP contribution in [0.25, 0.3) is 0 Å². The van der Waals surface area contributed by atoms with Gasteiger partial charge >= 0.3 is 6.18 Å². The Labute approximate surface area is 104 Å². The summed E-state index contributed by atoms with van der Waals surface area (Å²) in [5, 5.41) is 2.30. The standard InChI is InChI=1S/C11H18F3N3O/c1-16-4-2-3-8(6-16)17-7-10(18)15-5-9(17)11(12,13)14/h8-9H,2-7H2,1H3,(H,15,18). The second-order valence-electron chi connectivity index (χ2n) is 5.09. The van der Waals surface area contributed by atoms with Crippen molar-refractivity contribution in [2.45, 2.75) is 31.1 Å². The van der Waals surface area contributed by atoms with Crippen molar-refractivity contribution in [3.63, 3.8) is 0 Å². The summed E-state index contributed by atoms with van der Waals surface area (Å²) < 4.78 is 38.9. The van der Waals surface area contributed by atoms with Crippen LogP contribution in [0, 0.1) is 0 Å². The molecule has 1 N–H and O–H groups in total. The van der Waals surface area contributed by atoms with E-state index in [1.165, 1.54) is 4.90 Å². The molecule has 0 aliphatic carbocycles. The van der Waals surface area contributed by atoms with Gasteiger partial charge in [-0.3, -0.25) is 9.69 Å². The number of likely N-dealkylation sites (tertiary alicyclic amines) is 1. The van der Waals surface area contributed by atoms with Crippen molar-refractivity contribution in [2.75, 3.05) is 33.2 Å². The van der Waals surface area contributed by atoms with E-state index >= 15 is 0 Å². The summed E-state index contributed by atoms with van der Waals surface area (Å²) >= 11 is 0. The number of carbonyl (C=O) groups is 1. The lowest BCUT2D eigenvalue weighted by atomic mass is 10.0. The number of alkyl halides is 3. The van der Waals surface area contributed by atoms with E-state index in [0.717, 1.165) is 19.4 Å². The highest BCUT2D eigenvalue weighted by atomic mass is 19.4. The van der Waals surface area contributed by atoms with E-state index in [0.29, 0.717) is 6.54 Å². The molecule has 0 radical (unpaired) electrons. The van der Waals surface area contributed by atoms with E-state index in [-0.39, 0.29) is 25.0 Å². The minimum absolute atomic E-state index is 0.150. The van der Waals surface area contributed by atoms with Crippen LogP contribution in [0.3, 0.4) is 0 Å². The van der Waals surface area contributed by atoms with Gasteiger partial charge in [0.15, 0.2) is 0 Å². The number of hydrogen-bond donors (Lipinski definition) is 1. The molecule has 2 unspecified atom stereocenters. The lowest BCUT2D eigenvalue weighted by Crippen LogP contribution is -2.64. The number of hydrogen-bond acceptors (Lipinski definition) is 3. The Bertz CT molecular complexity index is 321. The topological polar surface area (TPSA) is 35.6 Å². The summed E-state index contributed by atoms with van der Waals surface area (Å²) in [7, 11) is 1.90. The number of rotatable bonds is 1. The Morgan fingerprint density at radius 3 is 2.72 bits per heavy atom. The van der Waals surface area contributed by atoms with E-state index in [1.807, 2.05) is 11.9 Å². The number of piperidine rings is 1. The van der Waals surface area contributed by atoms with Crippen molar-refractivity contribution in [2.24, 2.45) is 0 Å². The molecule has 1 amide bonds. The molecule has 18 heavy (non-hydrogen) atoms. The molecule has 0 aromatic carbocycles. The number of piperazine rings is 1. The first-order valence-electron chi connectivity index (χ1n) is 6.15. The molecule has 2 fully saturated rings. The van der Waals surface area contributed by atoms with Crippen molar-refractivity contribution in [1.29, 1.82) is 0 Å². The highest BCUT2D eigenvalue weighted by molar-refractivity contribution is 5.79. The maximum absolute atomic E-state index is 13.0. The maximum atomic E-state index is 13.0. The summed E-state index contributed by atoms with van der Waals surface area (Å²) in [5.41, 5.74) is 0. The predicted octanol–water partition coefficient (Wildman–Crippen LogP) is 0.443. The van der Waals surface area contributed by atoms with Crippen LogP contribution in [0.5, 0.6) is 0 Å². The Morgan fingerprint density at radius 1 is 1.39 bits per heavy atom. The van der Waals surface area contributed by atoms with Crippen molar-refractivity contribution < 1.29 is 18.0 Å². The van der Waals surface area contributed by atoms with Gasteiger partial charge in [-0.05, 0) is 26.4 Å². The van der Waals surface area contributed by atoms with E-state index in [2.05, 4.69) is 5.32 Å². The zero-order valence-electron chi connectivity index (χ0n) is 10.3. The molecule has 0 spiro atoms. The van der Waals surface area contributed by atoms with Gasteiger partial charge in [0.2, 0.25) is 5.91 Å². The molecular weight excluding hydrogens is 247 g/mol. The Kier molecular flexibility index (Phi) is 3.82. The third-order valence-electron chi connectivity index (χ3n) is 3.67. The zero-order valence-corrected chi connectivity index (χ0v) is 10.3. The minimum atomic E-state index is -4.29. The van der Waals surface area contributed by atoms with Crippen molar-refractivity contribution in [1.82, 2.24) is 15.1 Å². The van der Waals surface area contributed by atoms with Crippen LogP contribution in [-0.4, -0.2) is 67.2 Å². The van der Waals surface area contributed by atoms with Gasteiger partial charge in [-0.1, -0.05) is 0 Å². The zero-order chi connectivity index (χ0) is 13.3. The summed E-state index contributed by atoms with van der Waals surface area (Å²) in [6, 6.07) is -1.73. The summed E-state index contributed by atoms with van der Waals surface area (Å²) in [6.45, 7) is 1.03. The monoisotopic (exact) mass is 265 g/mol. The van der Waals surface area contributed by atoms with Crippen LogP contribution < -0.4 is 5.32 Å². The second-order valence-corrected chi connectivity index (χ2v) is 5.09. The van der Waals surface area contributed by atoms with Crippen molar-refractivity contribution in [3.8, 4) is 0 Å². The Balaban J connectivity index is 2.12. The van der Waals surface area contributed by atoms with E-state index < -0.39 is 12.2 Å². The number of amides is 1. The second kappa shape index (κ2) is 5.05. The molecule has 2 aliphatic heterocycles. The van der Waals surface area contributed by atoms with E-state index in [9.17, 15) is 18.0 Å². The molecule has 0 bridgehead atoms. The SMILES string of the molecule is CN1CCCC(N2CC(=O)NCC2C(F)(F)F)C1. The molecule has 0 aromatic rings. The smallest absolute Gasteiger partial charge is 0.353 e. The summed E-state index contributed by atoms with van der Waals surface area (Å²) in [4.78, 5) is 14.7. The van der Waals surface area contributed by atoms with Gasteiger partial charge in [-0.2, -0.15) is 13.2 Å². The van der Waals surface area contributed by atoms with Crippen LogP contribution in [-0.2, 0) is 4.79 Å². The minimum Gasteiger partial charge on any atom is -0.353 e. The van der Waals surface area contributed by atoms with Gasteiger partial charge in [0.25, 0.3) is 0 Å². The molecule has 104 valence electrons. The normalized spacial score (nSPS) is 32.3. The van der Waals surface area contributed by atoms with Gasteiger partial charge in [0, 0.05) is 19.1 Å². The number of nitrogens with zero attached hydrogens (tertiary/aromatic N) is 2. The third-order valence-corrected chi connectivity index (χ3v) is 3.67. The first kappa shape index (κ1) is 13.6. The van der Waals surface area contributed by atoms with Gasteiger partial charge in [0.1, 0.15) is 6.04 Å². The van der Waals surface area contributed by atoms with Crippen LogP contribution in [0.2, 0.25) is 0 Å². The lowest BCUT2D eigenvalue weighted by molar-refractivity contribution is -0.196. The highest BCUT2D eigenvalue weighted by Gasteiger charge is 2.48. The molecule has 2 rings (SSSR count). The lowest BCUT2D eigenvalue weighted by Gasteiger charge is -2.44. The molecular formula is C11H18F3N3O. The van der Waals surface area contributed by atoms with Gasteiger partial charge in [-0.15, -0.1) is 0 Å². The van der Waals surface area contributed by atoms with Crippen LogP contribution in [0.4, 0.5) is 13.2 Å². The molecule has 2 saturated heterocycles. The van der Waals surface area contributed by atoms with Gasteiger partial charge in [-0.25, -0.2) is 0 Å². The molecule has 0 saturated carbocycles. The molecule has 7 heteroatoms. The largest absolute Gasteiger partial charge is 0.405 e. The van der Waals surface area contributed by atoms with Crippen molar-refractivity contribution in [3.05, 3.63) is 0 Å². The molecule has 2 heterocycles. The molecule has 2 aliphatic rings. The molecule has 4 nitrogen and oxygen atoms in total. The fraction of sp³-hybridized carbons (Fsp3) is 0.909. The van der Waals surface area contributed by atoms with E-state index in [4.69, 9.17) is 0 Å². The third kappa shape index (κ3) is 2.95. The summed E-state index contributed by atoms with van der Waals surface area (Å²) in [6.07, 6.45) is -2.68. The summed E-state index contributed by atoms with van der Waals surface area (Å²) in [5.74, 6) is -0.316. The van der Waals surface area contributed by atoms with Crippen LogP contribution in [0.15, 0.2) is 0 Å². The Morgan fingerprint density at radius 2 is 2.11 bits per heavy atom. The molecule has 2 atom stereocenters. The van der Waals surface area contributed by atoms with Crippen LogP contribution >= 0.6 is 0 Å². The average Bonchev–Trinajstić information content (AvgIpc) is 2.27. The van der Waals surface area contributed by atoms with Gasteiger partial charge in [0.05, 0.1) is 6.54 Å². The quantitative estimate of drug-likeness (QED) is 0.747. The number of likely N-dealkylation sites (N-methyl/N-ethyl adjacent to an activating group) is 1. The number of nitrogens with one attached hydrogen (secondary N) is 1. The molecule has 0 aromatic heterocycles. The van der Waals surface area contributed by atoms with Crippen LogP contribution in [0.1, 0.15) is 12.8 Å². The Hall–Kier alpha value is -0.820. The first-order valence-corrected chi connectivity index (χ1v) is 6.15. The predicted molar refractivity (Wildman–Crippen MR) is 60.1 cm³/mol. The highest BCUT2D eigenvalue weighted by Crippen LogP contribution is 2.29. The van der Waals surface area contributed by atoms with Gasteiger partial charge < -0.3 is 10.2 Å². The first-order chi connectivity index (χ1) is 8.38. The van der Waals surface area contributed by atoms with Crippen molar-refractivity contribution >= 4 is 5.91 Å². The maximum Gasteiger partial charge on any atom is 0.405 e. The number of halogens is 3. The fourth-order valence-electron chi connectivity index (χ4n) is 2.76. The van der Waals surface area contributed by atoms with E-state index in [1.54, 1.807) is 0 Å². The number of carbonyl (C=O) groups excluding carboxylic acids is 1. The fourth-order valence-corrected chi connectivity index (χ4v) is 2.76. The average molecular weight is 265 g/mol.